The maximum atomic E-state index is 12.6. The molecule has 1 heterocycles. The Morgan fingerprint density at radius 2 is 1.54 bits per heavy atom. The molecule has 24 heavy (non-hydrogen) atoms. The molecule has 1 fully saturated rings. The average Bonchev–Trinajstić information content (AvgIpc) is 2.89. The van der Waals surface area contributed by atoms with Crippen LogP contribution >= 0.6 is 11.8 Å². The normalized spacial score (nSPS) is 17.5. The Kier molecular flexibility index (Phi) is 3.70. The molecule has 3 aromatic rings. The second-order valence-electron chi connectivity index (χ2n) is 5.48. The van der Waals surface area contributed by atoms with E-state index in [1.165, 1.54) is 4.90 Å². The van der Waals surface area contributed by atoms with Crippen LogP contribution < -0.4 is 10.2 Å². The van der Waals surface area contributed by atoms with Gasteiger partial charge in [0.1, 0.15) is 0 Å². The summed E-state index contributed by atoms with van der Waals surface area (Å²) in [5.41, 5.74) is 1.42. The zero-order valence-electron chi connectivity index (χ0n) is 12.7. The third-order valence-electron chi connectivity index (χ3n) is 3.91. The summed E-state index contributed by atoms with van der Waals surface area (Å²) in [6.07, 6.45) is 0. The predicted molar refractivity (Wildman–Crippen MR) is 98.3 cm³/mol. The Balaban J connectivity index is 1.58. The van der Waals surface area contributed by atoms with Crippen LogP contribution in [0.1, 0.15) is 0 Å². The molecule has 0 radical (unpaired) electrons. The number of fused-ring (bicyclic) bond motifs is 1. The first-order valence-corrected chi connectivity index (χ1v) is 8.45. The minimum atomic E-state index is -0.612. The summed E-state index contributed by atoms with van der Waals surface area (Å²) in [7, 11) is 0. The highest BCUT2D eigenvalue weighted by Gasteiger charge is 2.40. The van der Waals surface area contributed by atoms with Crippen LogP contribution in [0.15, 0.2) is 72.8 Å². The summed E-state index contributed by atoms with van der Waals surface area (Å²) in [5, 5.41) is 4.51. The van der Waals surface area contributed by atoms with E-state index < -0.39 is 5.37 Å². The van der Waals surface area contributed by atoms with Crippen LogP contribution in [0.5, 0.6) is 0 Å². The van der Waals surface area contributed by atoms with Gasteiger partial charge in [0, 0.05) is 5.69 Å². The lowest BCUT2D eigenvalue weighted by atomic mass is 10.1. The topological polar surface area (TPSA) is 49.4 Å². The van der Waals surface area contributed by atoms with Crippen molar-refractivity contribution in [2.24, 2.45) is 0 Å². The number of nitrogens with zero attached hydrogens (tertiary/aromatic N) is 1. The molecule has 1 N–H and O–H groups in total. The van der Waals surface area contributed by atoms with Crippen molar-refractivity contribution in [2.45, 2.75) is 5.37 Å². The van der Waals surface area contributed by atoms with E-state index in [0.717, 1.165) is 28.2 Å². The molecule has 1 saturated heterocycles. The number of imide groups is 1. The fraction of sp³-hybridized carbons (Fsp3) is 0.0526. The smallest absolute Gasteiger partial charge is 0.295 e. The van der Waals surface area contributed by atoms with Crippen molar-refractivity contribution in [1.29, 1.82) is 0 Å². The van der Waals surface area contributed by atoms with Crippen molar-refractivity contribution >= 4 is 45.1 Å². The molecule has 2 amide bonds. The minimum Gasteiger partial charge on any atom is -0.365 e. The lowest BCUT2D eigenvalue weighted by molar-refractivity contribution is -0.116. The molecular formula is C19H14N2O2S. The number of anilines is 2. The summed E-state index contributed by atoms with van der Waals surface area (Å²) < 4.78 is 0. The van der Waals surface area contributed by atoms with Gasteiger partial charge in [-0.15, -0.1) is 0 Å². The van der Waals surface area contributed by atoms with Crippen LogP contribution in [0, 0.1) is 0 Å². The number of para-hydroxylation sites is 1. The van der Waals surface area contributed by atoms with Gasteiger partial charge in [-0.1, -0.05) is 48.5 Å². The summed E-state index contributed by atoms with van der Waals surface area (Å²) in [4.78, 5) is 26.1. The Morgan fingerprint density at radius 3 is 2.33 bits per heavy atom. The highest BCUT2D eigenvalue weighted by molar-refractivity contribution is 8.16. The second kappa shape index (κ2) is 6.02. The number of hydrogen-bond acceptors (Lipinski definition) is 4. The van der Waals surface area contributed by atoms with Gasteiger partial charge in [-0.3, -0.25) is 9.59 Å². The van der Waals surface area contributed by atoms with Gasteiger partial charge in [0.05, 0.1) is 5.69 Å². The maximum Gasteiger partial charge on any atom is 0.295 e. The van der Waals surface area contributed by atoms with Crippen molar-refractivity contribution in [3.05, 3.63) is 72.8 Å². The van der Waals surface area contributed by atoms with E-state index in [9.17, 15) is 9.59 Å². The molecule has 0 bridgehead atoms. The fourth-order valence-corrected chi connectivity index (χ4v) is 3.65. The van der Waals surface area contributed by atoms with E-state index in [-0.39, 0.29) is 11.1 Å². The zero-order valence-corrected chi connectivity index (χ0v) is 13.5. The number of nitrogens with one attached hydrogen (secondary N) is 1. The molecule has 1 aliphatic heterocycles. The van der Waals surface area contributed by atoms with Gasteiger partial charge < -0.3 is 5.32 Å². The van der Waals surface area contributed by atoms with Crippen molar-refractivity contribution < 1.29 is 9.59 Å². The molecule has 0 aromatic heterocycles. The number of rotatable bonds is 3. The van der Waals surface area contributed by atoms with E-state index in [2.05, 4.69) is 5.32 Å². The highest BCUT2D eigenvalue weighted by atomic mass is 32.2. The molecule has 4 nitrogen and oxygen atoms in total. The van der Waals surface area contributed by atoms with Gasteiger partial charge in [-0.05, 0) is 46.8 Å². The van der Waals surface area contributed by atoms with Gasteiger partial charge >= 0.3 is 0 Å². The Hall–Kier alpha value is -2.79. The largest absolute Gasteiger partial charge is 0.365 e. The Bertz CT molecular complexity index is 927. The molecule has 3 aromatic carbocycles. The van der Waals surface area contributed by atoms with Gasteiger partial charge in [-0.2, -0.15) is 0 Å². The van der Waals surface area contributed by atoms with E-state index in [4.69, 9.17) is 0 Å². The van der Waals surface area contributed by atoms with Crippen LogP contribution in [-0.2, 0) is 4.79 Å². The van der Waals surface area contributed by atoms with Crippen molar-refractivity contribution in [3.8, 4) is 0 Å². The number of thioether (sulfide) groups is 1. The first-order chi connectivity index (χ1) is 11.7. The predicted octanol–water partition coefficient (Wildman–Crippen LogP) is 4.48. The van der Waals surface area contributed by atoms with Crippen LogP contribution in [0.25, 0.3) is 10.8 Å². The number of carbonyl (C=O) groups excluding carboxylic acids is 2. The molecule has 1 atom stereocenters. The third kappa shape index (κ3) is 2.63. The van der Waals surface area contributed by atoms with E-state index >= 15 is 0 Å². The average molecular weight is 334 g/mol. The zero-order chi connectivity index (χ0) is 16.5. The number of benzene rings is 3. The van der Waals surface area contributed by atoms with Gasteiger partial charge in [-0.25, -0.2) is 4.90 Å². The SMILES string of the molecule is O=C1S[C@@H](Nc2ccc3ccccc3c2)C(=O)N1c1ccccc1. The summed E-state index contributed by atoms with van der Waals surface area (Å²) in [6.45, 7) is 0. The lowest BCUT2D eigenvalue weighted by Crippen LogP contribution is -2.34. The summed E-state index contributed by atoms with van der Waals surface area (Å²) >= 11 is 1.00. The molecule has 1 aliphatic rings. The molecule has 0 aliphatic carbocycles. The Morgan fingerprint density at radius 1 is 0.833 bits per heavy atom. The first-order valence-electron chi connectivity index (χ1n) is 7.57. The molecule has 0 saturated carbocycles. The Labute approximate surface area is 143 Å². The molecule has 5 heteroatoms. The minimum absolute atomic E-state index is 0.246. The summed E-state index contributed by atoms with van der Waals surface area (Å²) in [5.74, 6) is -0.246. The van der Waals surface area contributed by atoms with E-state index in [1.54, 1.807) is 12.1 Å². The van der Waals surface area contributed by atoms with Crippen molar-refractivity contribution in [3.63, 3.8) is 0 Å². The third-order valence-corrected chi connectivity index (χ3v) is 4.85. The number of hydrogen-bond donors (Lipinski definition) is 1. The molecule has 0 unspecified atom stereocenters. The highest BCUT2D eigenvalue weighted by Crippen LogP contribution is 2.32. The quantitative estimate of drug-likeness (QED) is 0.767. The summed E-state index contributed by atoms with van der Waals surface area (Å²) in [6, 6.07) is 22.9. The standard InChI is InChI=1S/C19H14N2O2S/c22-18-17(24-19(23)21(18)16-8-2-1-3-9-16)20-15-11-10-13-6-4-5-7-14(13)12-15/h1-12,17,20H/t17-/m1/s1. The fourth-order valence-electron chi connectivity index (χ4n) is 2.74. The van der Waals surface area contributed by atoms with E-state index in [1.807, 2.05) is 60.7 Å². The van der Waals surface area contributed by atoms with Crippen LogP contribution in [0.4, 0.5) is 16.2 Å². The molecule has 118 valence electrons. The number of amides is 2. The van der Waals surface area contributed by atoms with Gasteiger partial charge in [0.15, 0.2) is 5.37 Å². The lowest BCUT2D eigenvalue weighted by Gasteiger charge is -2.15. The molecular weight excluding hydrogens is 320 g/mol. The molecule has 4 rings (SSSR count). The second-order valence-corrected chi connectivity index (χ2v) is 6.54. The van der Waals surface area contributed by atoms with Crippen molar-refractivity contribution in [1.82, 2.24) is 0 Å². The van der Waals surface area contributed by atoms with Crippen LogP contribution in [0.2, 0.25) is 0 Å². The van der Waals surface area contributed by atoms with Crippen LogP contribution in [-0.4, -0.2) is 16.5 Å². The van der Waals surface area contributed by atoms with Gasteiger partial charge in [0.25, 0.3) is 11.1 Å². The maximum absolute atomic E-state index is 12.6. The monoisotopic (exact) mass is 334 g/mol. The van der Waals surface area contributed by atoms with Crippen LogP contribution in [0.3, 0.4) is 0 Å². The molecule has 0 spiro atoms. The number of carbonyl (C=O) groups is 2. The van der Waals surface area contributed by atoms with Crippen molar-refractivity contribution in [2.75, 3.05) is 10.2 Å². The van der Waals surface area contributed by atoms with E-state index in [0.29, 0.717) is 5.69 Å². The first kappa shape index (κ1) is 14.8. The van der Waals surface area contributed by atoms with Gasteiger partial charge in [0.2, 0.25) is 0 Å².